The number of hydrogen-bond donors (Lipinski definition) is 1. The van der Waals surface area contributed by atoms with Gasteiger partial charge in [-0.05, 0) is 31.2 Å². The predicted octanol–water partition coefficient (Wildman–Crippen LogP) is 2.44. The Bertz CT molecular complexity index is 738. The van der Waals surface area contributed by atoms with Crippen molar-refractivity contribution in [3.05, 3.63) is 51.5 Å². The lowest BCUT2D eigenvalue weighted by molar-refractivity contribution is -0.386. The van der Waals surface area contributed by atoms with Gasteiger partial charge in [0.15, 0.2) is 11.3 Å². The zero-order valence-corrected chi connectivity index (χ0v) is 12.9. The molecule has 0 aliphatic rings. The number of hydrogen-bond acceptors (Lipinski definition) is 6. The van der Waals surface area contributed by atoms with E-state index in [2.05, 4.69) is 5.32 Å². The molecule has 0 saturated carbocycles. The molecule has 0 unspecified atom stereocenters. The van der Waals surface area contributed by atoms with Crippen molar-refractivity contribution in [3.8, 4) is 11.5 Å². The molecule has 1 aromatic carbocycles. The average molecular weight is 320 g/mol. The number of aryl methyl sites for hydroxylation is 1. The molecule has 8 nitrogen and oxygen atoms in total. The Hall–Kier alpha value is -3.03. The summed E-state index contributed by atoms with van der Waals surface area (Å²) in [6, 6.07) is 6.30. The first kappa shape index (κ1) is 16.3. The number of nitrogens with zero attached hydrogens (tertiary/aromatic N) is 1. The lowest BCUT2D eigenvalue weighted by atomic mass is 10.1. The van der Waals surface area contributed by atoms with Crippen molar-refractivity contribution in [1.82, 2.24) is 5.32 Å². The number of furan rings is 1. The third-order valence-electron chi connectivity index (χ3n) is 3.17. The van der Waals surface area contributed by atoms with Crippen LogP contribution in [0.3, 0.4) is 0 Å². The maximum Gasteiger partial charge on any atom is 0.327 e. The molecule has 0 radical (unpaired) electrons. The third kappa shape index (κ3) is 3.42. The lowest BCUT2D eigenvalue weighted by Gasteiger charge is -2.11. The monoisotopic (exact) mass is 320 g/mol. The number of methoxy groups -OCH3 is 2. The van der Waals surface area contributed by atoms with Gasteiger partial charge in [0.05, 0.1) is 25.7 Å². The fourth-order valence-corrected chi connectivity index (χ4v) is 2.12. The minimum atomic E-state index is -0.673. The van der Waals surface area contributed by atoms with E-state index < -0.39 is 16.5 Å². The number of carbonyl (C=O) groups is 1. The highest BCUT2D eigenvalue weighted by Gasteiger charge is 2.30. The van der Waals surface area contributed by atoms with Gasteiger partial charge in [0.1, 0.15) is 17.3 Å². The molecular weight excluding hydrogens is 304 g/mol. The highest BCUT2D eigenvalue weighted by atomic mass is 16.6. The van der Waals surface area contributed by atoms with Crippen molar-refractivity contribution in [3.63, 3.8) is 0 Å². The normalized spacial score (nSPS) is 10.2. The first-order valence-electron chi connectivity index (χ1n) is 6.70. The van der Waals surface area contributed by atoms with E-state index in [1.54, 1.807) is 19.1 Å². The molecule has 8 heteroatoms. The van der Waals surface area contributed by atoms with Gasteiger partial charge < -0.3 is 19.2 Å². The first-order chi connectivity index (χ1) is 11.0. The highest BCUT2D eigenvalue weighted by molar-refractivity contribution is 6.02. The van der Waals surface area contributed by atoms with Crippen LogP contribution in [-0.4, -0.2) is 25.1 Å². The van der Waals surface area contributed by atoms with Gasteiger partial charge in [-0.3, -0.25) is 14.9 Å². The molecule has 2 aromatic rings. The maximum absolute atomic E-state index is 12.4. The summed E-state index contributed by atoms with van der Waals surface area (Å²) < 4.78 is 15.4. The van der Waals surface area contributed by atoms with E-state index in [0.717, 1.165) is 0 Å². The highest BCUT2D eigenvalue weighted by Crippen LogP contribution is 2.36. The molecule has 0 bridgehead atoms. The van der Waals surface area contributed by atoms with E-state index in [4.69, 9.17) is 13.9 Å². The molecular formula is C15H16N2O6. The smallest absolute Gasteiger partial charge is 0.327 e. The second kappa shape index (κ2) is 6.82. The van der Waals surface area contributed by atoms with Crippen LogP contribution in [0.2, 0.25) is 0 Å². The molecule has 1 amide bonds. The Kier molecular flexibility index (Phi) is 4.85. The summed E-state index contributed by atoms with van der Waals surface area (Å²) in [6.45, 7) is 1.88. The zero-order valence-electron chi connectivity index (χ0n) is 12.9. The summed E-state index contributed by atoms with van der Waals surface area (Å²) in [6.07, 6.45) is 0. The molecule has 1 aromatic heterocycles. The van der Waals surface area contributed by atoms with E-state index in [1.807, 2.05) is 0 Å². The zero-order chi connectivity index (χ0) is 17.0. The van der Waals surface area contributed by atoms with Gasteiger partial charge in [-0.15, -0.1) is 0 Å². The number of benzene rings is 1. The lowest BCUT2D eigenvalue weighted by Crippen LogP contribution is -2.24. The molecule has 2 rings (SSSR count). The van der Waals surface area contributed by atoms with Gasteiger partial charge in [0, 0.05) is 0 Å². The van der Waals surface area contributed by atoms with Crippen LogP contribution in [-0.2, 0) is 6.54 Å². The number of nitro benzene ring substituents is 1. The summed E-state index contributed by atoms with van der Waals surface area (Å²) in [4.78, 5) is 23.1. The van der Waals surface area contributed by atoms with Gasteiger partial charge in [0.25, 0.3) is 5.91 Å². The van der Waals surface area contributed by atoms with Crippen LogP contribution in [0.15, 0.2) is 28.7 Å². The van der Waals surface area contributed by atoms with Crippen LogP contribution in [0.1, 0.15) is 21.9 Å². The van der Waals surface area contributed by atoms with Crippen molar-refractivity contribution in [2.75, 3.05) is 14.2 Å². The number of ether oxygens (including phenoxy) is 2. The summed E-state index contributed by atoms with van der Waals surface area (Å²) in [5.74, 6) is 0.668. The second-order valence-electron chi connectivity index (χ2n) is 4.65. The first-order valence-corrected chi connectivity index (χ1v) is 6.70. The standard InChI is InChI=1S/C15H16N2O6/c1-9-4-5-10(23-9)8-16-15(18)13-11(21-2)6-7-12(22-3)14(13)17(19)20/h4-7H,8H2,1-3H3,(H,16,18). The summed E-state index contributed by atoms with van der Waals surface area (Å²) in [7, 11) is 2.63. The molecule has 23 heavy (non-hydrogen) atoms. The Morgan fingerprint density at radius 2 is 1.87 bits per heavy atom. The van der Waals surface area contributed by atoms with Gasteiger partial charge in [0.2, 0.25) is 0 Å². The van der Waals surface area contributed by atoms with Crippen LogP contribution in [0.4, 0.5) is 5.69 Å². The van der Waals surface area contributed by atoms with Crippen molar-refractivity contribution in [1.29, 1.82) is 0 Å². The number of amides is 1. The van der Waals surface area contributed by atoms with Crippen LogP contribution in [0, 0.1) is 17.0 Å². The molecule has 0 saturated heterocycles. The van der Waals surface area contributed by atoms with Crippen molar-refractivity contribution in [2.24, 2.45) is 0 Å². The predicted molar refractivity (Wildman–Crippen MR) is 80.8 cm³/mol. The Balaban J connectivity index is 2.35. The van der Waals surface area contributed by atoms with Crippen LogP contribution in [0.25, 0.3) is 0 Å². The van der Waals surface area contributed by atoms with E-state index in [9.17, 15) is 14.9 Å². The van der Waals surface area contributed by atoms with Gasteiger partial charge in [-0.2, -0.15) is 0 Å². The van der Waals surface area contributed by atoms with Gasteiger partial charge in [-0.1, -0.05) is 0 Å². The number of rotatable bonds is 6. The molecule has 1 N–H and O–H groups in total. The molecule has 0 aliphatic carbocycles. The minimum absolute atomic E-state index is 0.0187. The Morgan fingerprint density at radius 1 is 1.22 bits per heavy atom. The van der Waals surface area contributed by atoms with Crippen molar-refractivity contribution in [2.45, 2.75) is 13.5 Å². The molecule has 0 aliphatic heterocycles. The van der Waals surface area contributed by atoms with E-state index in [0.29, 0.717) is 11.5 Å². The number of carbonyl (C=O) groups excluding carboxylic acids is 1. The second-order valence-corrected chi connectivity index (χ2v) is 4.65. The summed E-state index contributed by atoms with van der Waals surface area (Å²) in [5.41, 5.74) is -0.639. The number of nitrogens with one attached hydrogen (secondary N) is 1. The maximum atomic E-state index is 12.4. The molecule has 0 fully saturated rings. The minimum Gasteiger partial charge on any atom is -0.496 e. The van der Waals surface area contributed by atoms with Crippen LogP contribution < -0.4 is 14.8 Å². The SMILES string of the molecule is COc1ccc(OC)c([N+](=O)[O-])c1C(=O)NCc1ccc(C)o1. The number of nitro groups is 1. The fraction of sp³-hybridized carbons (Fsp3) is 0.267. The van der Waals surface area contributed by atoms with Crippen LogP contribution >= 0.6 is 0 Å². The molecule has 122 valence electrons. The Labute approximate surface area is 132 Å². The van der Waals surface area contributed by atoms with Crippen molar-refractivity contribution >= 4 is 11.6 Å². The summed E-state index contributed by atoms with van der Waals surface area (Å²) >= 11 is 0. The third-order valence-corrected chi connectivity index (χ3v) is 3.17. The largest absolute Gasteiger partial charge is 0.496 e. The Morgan fingerprint density at radius 3 is 2.39 bits per heavy atom. The topological polar surface area (TPSA) is 104 Å². The van der Waals surface area contributed by atoms with Gasteiger partial charge in [-0.25, -0.2) is 0 Å². The fourth-order valence-electron chi connectivity index (χ4n) is 2.12. The molecule has 1 heterocycles. The van der Waals surface area contributed by atoms with Gasteiger partial charge >= 0.3 is 5.69 Å². The quantitative estimate of drug-likeness (QED) is 0.647. The molecule has 0 spiro atoms. The van der Waals surface area contributed by atoms with Crippen molar-refractivity contribution < 1.29 is 23.6 Å². The van der Waals surface area contributed by atoms with E-state index >= 15 is 0 Å². The summed E-state index contributed by atoms with van der Waals surface area (Å²) in [5, 5.41) is 13.9. The molecule has 0 atom stereocenters. The van der Waals surface area contributed by atoms with Crippen LogP contribution in [0.5, 0.6) is 11.5 Å². The average Bonchev–Trinajstić information content (AvgIpc) is 2.96. The van der Waals surface area contributed by atoms with E-state index in [1.165, 1.54) is 26.4 Å². The van der Waals surface area contributed by atoms with E-state index in [-0.39, 0.29) is 23.6 Å².